The van der Waals surface area contributed by atoms with Crippen LogP contribution in [-0.4, -0.2) is 18.1 Å². The summed E-state index contributed by atoms with van der Waals surface area (Å²) in [5, 5.41) is 4.80. The lowest BCUT2D eigenvalue weighted by atomic mass is 9.85. The van der Waals surface area contributed by atoms with Gasteiger partial charge < -0.3 is 10.1 Å². The molecule has 4 heteroatoms. The van der Waals surface area contributed by atoms with Crippen LogP contribution in [0.5, 0.6) is 0 Å². The second-order valence-corrected chi connectivity index (χ2v) is 7.03. The minimum Gasteiger partial charge on any atom is -0.371 e. The summed E-state index contributed by atoms with van der Waals surface area (Å²) in [6.45, 7) is 3.12. The number of hydrogen-bond acceptors (Lipinski definition) is 4. The average molecular weight is 280 g/mol. The van der Waals surface area contributed by atoms with Gasteiger partial charge in [-0.2, -0.15) is 0 Å². The van der Waals surface area contributed by atoms with Crippen LogP contribution in [0.15, 0.2) is 0 Å². The number of nitrogens with zero attached hydrogens (tertiary/aromatic N) is 1. The van der Waals surface area contributed by atoms with Crippen molar-refractivity contribution in [3.05, 3.63) is 15.6 Å². The van der Waals surface area contributed by atoms with E-state index in [9.17, 15) is 0 Å². The Kier molecular flexibility index (Phi) is 3.92. The molecule has 3 nitrogen and oxygen atoms in total. The molecule has 0 amide bonds. The van der Waals surface area contributed by atoms with Gasteiger partial charge in [0.1, 0.15) is 10.6 Å². The molecule has 2 aliphatic carbocycles. The second-order valence-electron chi connectivity index (χ2n) is 5.94. The fraction of sp³-hybridized carbons (Fsp3) is 0.800. The summed E-state index contributed by atoms with van der Waals surface area (Å²) in [4.78, 5) is 6.22. The minimum absolute atomic E-state index is 0.0918. The van der Waals surface area contributed by atoms with Crippen molar-refractivity contribution in [1.29, 1.82) is 0 Å². The Morgan fingerprint density at radius 1 is 1.32 bits per heavy atom. The molecule has 2 saturated carbocycles. The van der Waals surface area contributed by atoms with Crippen molar-refractivity contribution in [2.45, 2.75) is 70.1 Å². The van der Waals surface area contributed by atoms with Crippen molar-refractivity contribution in [3.8, 4) is 0 Å². The third-order valence-corrected chi connectivity index (χ3v) is 5.81. The van der Waals surface area contributed by atoms with E-state index < -0.39 is 0 Å². The molecule has 1 aromatic rings. The number of thiazole rings is 1. The van der Waals surface area contributed by atoms with Crippen LogP contribution >= 0.6 is 11.3 Å². The quantitative estimate of drug-likeness (QED) is 0.896. The predicted molar refractivity (Wildman–Crippen MR) is 78.5 cm³/mol. The number of nitrogens with one attached hydrogen (secondary N) is 1. The molecule has 2 fully saturated rings. The molecule has 1 heterocycles. The molecular weight excluding hydrogens is 256 g/mol. The maximum atomic E-state index is 5.90. The summed E-state index contributed by atoms with van der Waals surface area (Å²) in [5.74, 6) is 0. The molecule has 3 rings (SSSR count). The number of aromatic nitrogens is 1. The van der Waals surface area contributed by atoms with E-state index in [1.165, 1.54) is 47.7 Å². The second kappa shape index (κ2) is 5.51. The van der Waals surface area contributed by atoms with Gasteiger partial charge in [0.15, 0.2) is 0 Å². The predicted octanol–water partition coefficient (Wildman–Crippen LogP) is 3.51. The maximum absolute atomic E-state index is 5.90. The van der Waals surface area contributed by atoms with E-state index in [2.05, 4.69) is 12.2 Å². The highest BCUT2D eigenvalue weighted by molar-refractivity contribution is 7.11. The van der Waals surface area contributed by atoms with Crippen molar-refractivity contribution in [1.82, 2.24) is 10.3 Å². The zero-order valence-corrected chi connectivity index (χ0v) is 12.8. The Balaban J connectivity index is 1.76. The lowest BCUT2D eigenvalue weighted by Gasteiger charge is -2.34. The van der Waals surface area contributed by atoms with Crippen molar-refractivity contribution < 1.29 is 4.74 Å². The summed E-state index contributed by atoms with van der Waals surface area (Å²) in [6, 6.07) is 0.760. The number of aryl methyl sites for hydroxylation is 1. The smallest absolute Gasteiger partial charge is 0.125 e. The van der Waals surface area contributed by atoms with Crippen LogP contribution < -0.4 is 5.32 Å². The number of hydrogen-bond donors (Lipinski definition) is 1. The zero-order chi connectivity index (χ0) is 13.3. The molecule has 0 radical (unpaired) electrons. The highest BCUT2D eigenvalue weighted by atomic mass is 32.1. The SMILES string of the molecule is COC1(c2nc(C)c(CNC3CC3)s2)CCCCC1. The monoisotopic (exact) mass is 280 g/mol. The molecule has 1 aromatic heterocycles. The van der Waals surface area contributed by atoms with E-state index in [0.29, 0.717) is 0 Å². The fourth-order valence-electron chi connectivity index (χ4n) is 2.94. The lowest BCUT2D eigenvalue weighted by Crippen LogP contribution is -2.30. The van der Waals surface area contributed by atoms with Crippen LogP contribution in [-0.2, 0) is 16.9 Å². The third kappa shape index (κ3) is 2.86. The standard InChI is InChI=1S/C15H24N2OS/c1-11-13(10-16-12-6-7-12)19-14(17-11)15(18-2)8-4-3-5-9-15/h12,16H,3-10H2,1-2H3. The van der Waals surface area contributed by atoms with Gasteiger partial charge in [-0.05, 0) is 32.6 Å². The number of rotatable bonds is 5. The molecule has 0 spiro atoms. The van der Waals surface area contributed by atoms with Gasteiger partial charge in [0.25, 0.3) is 0 Å². The van der Waals surface area contributed by atoms with Crippen LogP contribution in [0.3, 0.4) is 0 Å². The molecule has 1 N–H and O–H groups in total. The van der Waals surface area contributed by atoms with Crippen molar-refractivity contribution in [2.24, 2.45) is 0 Å². The summed E-state index contributed by atoms with van der Waals surface area (Å²) in [6.07, 6.45) is 8.81. The van der Waals surface area contributed by atoms with Gasteiger partial charge in [-0.15, -0.1) is 11.3 Å². The molecule has 0 saturated heterocycles. The Morgan fingerprint density at radius 3 is 2.68 bits per heavy atom. The van der Waals surface area contributed by atoms with E-state index >= 15 is 0 Å². The first-order valence-electron chi connectivity index (χ1n) is 7.49. The Hall–Kier alpha value is -0.450. The largest absolute Gasteiger partial charge is 0.371 e. The van der Waals surface area contributed by atoms with Gasteiger partial charge in [-0.3, -0.25) is 0 Å². The Labute approximate surface area is 119 Å². The fourth-order valence-corrected chi connectivity index (χ4v) is 4.18. The Morgan fingerprint density at radius 2 is 2.05 bits per heavy atom. The Bertz CT molecular complexity index is 433. The van der Waals surface area contributed by atoms with E-state index in [1.807, 2.05) is 18.4 Å². The van der Waals surface area contributed by atoms with E-state index in [4.69, 9.17) is 9.72 Å². The molecule has 0 unspecified atom stereocenters. The normalized spacial score (nSPS) is 22.6. The summed E-state index contributed by atoms with van der Waals surface area (Å²) in [7, 11) is 1.85. The molecule has 0 bridgehead atoms. The molecule has 0 aromatic carbocycles. The van der Waals surface area contributed by atoms with Crippen molar-refractivity contribution in [3.63, 3.8) is 0 Å². The highest BCUT2D eigenvalue weighted by Gasteiger charge is 2.37. The first kappa shape index (κ1) is 13.5. The first-order valence-corrected chi connectivity index (χ1v) is 8.30. The molecule has 19 heavy (non-hydrogen) atoms. The molecular formula is C15H24N2OS. The van der Waals surface area contributed by atoms with Crippen LogP contribution in [0.25, 0.3) is 0 Å². The minimum atomic E-state index is -0.0918. The highest BCUT2D eigenvalue weighted by Crippen LogP contribution is 2.42. The van der Waals surface area contributed by atoms with Crippen molar-refractivity contribution >= 4 is 11.3 Å². The molecule has 0 aliphatic heterocycles. The van der Waals surface area contributed by atoms with Gasteiger partial charge >= 0.3 is 0 Å². The van der Waals surface area contributed by atoms with Gasteiger partial charge in [-0.1, -0.05) is 19.3 Å². The molecule has 0 atom stereocenters. The molecule has 2 aliphatic rings. The first-order chi connectivity index (χ1) is 9.23. The number of methoxy groups -OCH3 is 1. The summed E-state index contributed by atoms with van der Waals surface area (Å²) < 4.78 is 5.90. The van der Waals surface area contributed by atoms with Crippen molar-refractivity contribution in [2.75, 3.05) is 7.11 Å². The van der Waals surface area contributed by atoms with Crippen LogP contribution in [0.2, 0.25) is 0 Å². The van der Waals surface area contributed by atoms with Crippen LogP contribution in [0.4, 0.5) is 0 Å². The summed E-state index contributed by atoms with van der Waals surface area (Å²) in [5.41, 5.74) is 1.10. The average Bonchev–Trinajstić information content (AvgIpc) is 3.20. The summed E-state index contributed by atoms with van der Waals surface area (Å²) >= 11 is 1.86. The van der Waals surface area contributed by atoms with E-state index in [-0.39, 0.29) is 5.60 Å². The third-order valence-electron chi connectivity index (χ3n) is 4.46. The van der Waals surface area contributed by atoms with Gasteiger partial charge in [-0.25, -0.2) is 4.98 Å². The van der Waals surface area contributed by atoms with E-state index in [1.54, 1.807) is 0 Å². The van der Waals surface area contributed by atoms with Gasteiger partial charge in [0.05, 0.1) is 5.69 Å². The van der Waals surface area contributed by atoms with Gasteiger partial charge in [0.2, 0.25) is 0 Å². The van der Waals surface area contributed by atoms with E-state index in [0.717, 1.165) is 25.4 Å². The molecule has 106 valence electrons. The maximum Gasteiger partial charge on any atom is 0.125 e. The van der Waals surface area contributed by atoms with Crippen LogP contribution in [0, 0.1) is 6.92 Å². The van der Waals surface area contributed by atoms with Crippen LogP contribution in [0.1, 0.15) is 60.5 Å². The van der Waals surface area contributed by atoms with Gasteiger partial charge in [0, 0.05) is 24.6 Å². The zero-order valence-electron chi connectivity index (χ0n) is 12.0. The lowest BCUT2D eigenvalue weighted by molar-refractivity contribution is -0.0446. The topological polar surface area (TPSA) is 34.1 Å². The number of ether oxygens (including phenoxy) is 1.